The fourth-order valence-corrected chi connectivity index (χ4v) is 1.12. The Kier molecular flexibility index (Phi) is 7.37. The van der Waals surface area contributed by atoms with Crippen LogP contribution in [0.3, 0.4) is 0 Å². The quantitative estimate of drug-likeness (QED) is 0.401. The van der Waals surface area contributed by atoms with Crippen LogP contribution in [0, 0.1) is 0 Å². The number of carbonyl (C=O) groups is 1. The number of hydrogen-bond acceptors (Lipinski definition) is 4. The highest BCUT2D eigenvalue weighted by atomic mass is 16.4. The topological polar surface area (TPSA) is 95.6 Å². The standard InChI is InChI=1S/C9H20N2O3/c1-7(12)6-11-8(9(13)14)4-2-3-5-10/h7-8,11-12H,2-6,10H2,1H3,(H,13,14)/t7?,8-/m0/s1. The molecule has 1 unspecified atom stereocenters. The van der Waals surface area contributed by atoms with Gasteiger partial charge in [0, 0.05) is 6.54 Å². The second-order valence-corrected chi connectivity index (χ2v) is 3.43. The number of aliphatic carboxylic acids is 1. The van der Waals surface area contributed by atoms with Gasteiger partial charge in [0.05, 0.1) is 6.10 Å². The molecule has 0 fully saturated rings. The van der Waals surface area contributed by atoms with E-state index in [0.717, 1.165) is 12.8 Å². The van der Waals surface area contributed by atoms with Crippen molar-refractivity contribution < 1.29 is 15.0 Å². The van der Waals surface area contributed by atoms with E-state index in [2.05, 4.69) is 5.32 Å². The number of nitrogens with one attached hydrogen (secondary N) is 1. The molecule has 0 aromatic carbocycles. The molecule has 0 rings (SSSR count). The summed E-state index contributed by atoms with van der Waals surface area (Å²) in [6, 6.07) is -0.573. The predicted octanol–water partition coefficient (Wildman–Crippen LogP) is -0.461. The lowest BCUT2D eigenvalue weighted by Crippen LogP contribution is -2.40. The number of hydrogen-bond donors (Lipinski definition) is 4. The molecule has 0 heterocycles. The van der Waals surface area contributed by atoms with Gasteiger partial charge in [-0.3, -0.25) is 4.79 Å². The van der Waals surface area contributed by atoms with Gasteiger partial charge in [-0.25, -0.2) is 0 Å². The van der Waals surface area contributed by atoms with Crippen molar-refractivity contribution in [3.05, 3.63) is 0 Å². The molecule has 0 saturated carbocycles. The van der Waals surface area contributed by atoms with Crippen LogP contribution in [0.1, 0.15) is 26.2 Å². The zero-order valence-electron chi connectivity index (χ0n) is 8.57. The molecule has 0 aromatic heterocycles. The Balaban J connectivity index is 3.72. The Hall–Kier alpha value is -0.650. The largest absolute Gasteiger partial charge is 0.480 e. The van der Waals surface area contributed by atoms with Crippen LogP contribution >= 0.6 is 0 Å². The maximum absolute atomic E-state index is 10.7. The fourth-order valence-electron chi connectivity index (χ4n) is 1.12. The third-order valence-electron chi connectivity index (χ3n) is 1.90. The number of nitrogens with two attached hydrogens (primary N) is 1. The van der Waals surface area contributed by atoms with Gasteiger partial charge in [-0.2, -0.15) is 0 Å². The normalized spacial score (nSPS) is 15.1. The Morgan fingerprint density at radius 2 is 2.14 bits per heavy atom. The van der Waals surface area contributed by atoms with Crippen LogP contribution < -0.4 is 11.1 Å². The highest BCUT2D eigenvalue weighted by Crippen LogP contribution is 2.00. The van der Waals surface area contributed by atoms with Crippen LogP contribution in [0.2, 0.25) is 0 Å². The third kappa shape index (κ3) is 6.82. The zero-order valence-corrected chi connectivity index (χ0v) is 8.57. The van der Waals surface area contributed by atoms with E-state index in [1.807, 2.05) is 0 Å². The van der Waals surface area contributed by atoms with E-state index in [0.29, 0.717) is 19.5 Å². The molecule has 0 bridgehead atoms. The van der Waals surface area contributed by atoms with Crippen LogP contribution in [0.4, 0.5) is 0 Å². The number of rotatable bonds is 8. The summed E-state index contributed by atoms with van der Waals surface area (Å²) < 4.78 is 0. The van der Waals surface area contributed by atoms with Crippen LogP contribution in [0.15, 0.2) is 0 Å². The fraction of sp³-hybridized carbons (Fsp3) is 0.889. The average Bonchev–Trinajstić information content (AvgIpc) is 2.10. The first-order valence-corrected chi connectivity index (χ1v) is 4.92. The highest BCUT2D eigenvalue weighted by Gasteiger charge is 2.16. The van der Waals surface area contributed by atoms with E-state index in [4.69, 9.17) is 15.9 Å². The summed E-state index contributed by atoms with van der Waals surface area (Å²) in [5, 5.41) is 20.6. The summed E-state index contributed by atoms with van der Waals surface area (Å²) in [6.07, 6.45) is 1.66. The molecule has 0 aliphatic carbocycles. The zero-order chi connectivity index (χ0) is 11.0. The van der Waals surface area contributed by atoms with Crippen molar-refractivity contribution in [3.63, 3.8) is 0 Å². The monoisotopic (exact) mass is 204 g/mol. The molecule has 84 valence electrons. The van der Waals surface area contributed by atoms with Crippen LogP contribution in [-0.4, -0.2) is 41.4 Å². The minimum Gasteiger partial charge on any atom is -0.480 e. The van der Waals surface area contributed by atoms with E-state index in [9.17, 15) is 4.79 Å². The summed E-state index contributed by atoms with van der Waals surface area (Å²) in [5.74, 6) is -0.873. The Morgan fingerprint density at radius 1 is 1.50 bits per heavy atom. The number of aliphatic hydroxyl groups is 1. The predicted molar refractivity (Wildman–Crippen MR) is 54.0 cm³/mol. The lowest BCUT2D eigenvalue weighted by Gasteiger charge is -2.15. The smallest absolute Gasteiger partial charge is 0.320 e. The first-order valence-electron chi connectivity index (χ1n) is 4.92. The van der Waals surface area contributed by atoms with Crippen molar-refractivity contribution in [2.75, 3.05) is 13.1 Å². The minimum absolute atomic E-state index is 0.305. The Morgan fingerprint density at radius 3 is 2.57 bits per heavy atom. The Bertz CT molecular complexity index is 162. The van der Waals surface area contributed by atoms with Crippen molar-refractivity contribution >= 4 is 5.97 Å². The molecule has 0 amide bonds. The van der Waals surface area contributed by atoms with Gasteiger partial charge in [0.15, 0.2) is 0 Å². The molecule has 0 aromatic rings. The van der Waals surface area contributed by atoms with Crippen LogP contribution in [0.25, 0.3) is 0 Å². The van der Waals surface area contributed by atoms with Gasteiger partial charge in [0.25, 0.3) is 0 Å². The van der Waals surface area contributed by atoms with Crippen molar-refractivity contribution in [3.8, 4) is 0 Å². The second-order valence-electron chi connectivity index (χ2n) is 3.43. The van der Waals surface area contributed by atoms with E-state index in [1.54, 1.807) is 6.92 Å². The van der Waals surface area contributed by atoms with Crippen molar-refractivity contribution in [1.82, 2.24) is 5.32 Å². The number of carboxylic acid groups (broad SMARTS) is 1. The van der Waals surface area contributed by atoms with Gasteiger partial charge in [-0.1, -0.05) is 6.42 Å². The third-order valence-corrected chi connectivity index (χ3v) is 1.90. The molecule has 5 N–H and O–H groups in total. The molecule has 0 aliphatic heterocycles. The van der Waals surface area contributed by atoms with E-state index < -0.39 is 18.1 Å². The second kappa shape index (κ2) is 7.73. The lowest BCUT2D eigenvalue weighted by atomic mass is 10.1. The summed E-state index contributed by atoms with van der Waals surface area (Å²) in [7, 11) is 0. The molecule has 0 radical (unpaired) electrons. The van der Waals surface area contributed by atoms with Gasteiger partial charge in [0.2, 0.25) is 0 Å². The first kappa shape index (κ1) is 13.4. The van der Waals surface area contributed by atoms with E-state index >= 15 is 0 Å². The van der Waals surface area contributed by atoms with Crippen LogP contribution in [0.5, 0.6) is 0 Å². The Labute approximate surface area is 84.3 Å². The van der Waals surface area contributed by atoms with Crippen molar-refractivity contribution in [2.24, 2.45) is 5.73 Å². The summed E-state index contributed by atoms with van der Waals surface area (Å²) in [6.45, 7) is 2.51. The molecule has 2 atom stereocenters. The molecule has 0 saturated heterocycles. The highest BCUT2D eigenvalue weighted by molar-refractivity contribution is 5.73. The summed E-state index contributed by atoms with van der Waals surface area (Å²) >= 11 is 0. The van der Waals surface area contributed by atoms with Gasteiger partial charge < -0.3 is 21.3 Å². The first-order chi connectivity index (χ1) is 6.57. The molecular formula is C9H20N2O3. The summed E-state index contributed by atoms with van der Waals surface area (Å²) in [5.41, 5.74) is 5.31. The summed E-state index contributed by atoms with van der Waals surface area (Å²) in [4.78, 5) is 10.7. The maximum Gasteiger partial charge on any atom is 0.320 e. The average molecular weight is 204 g/mol. The maximum atomic E-state index is 10.7. The lowest BCUT2D eigenvalue weighted by molar-refractivity contribution is -0.139. The molecule has 14 heavy (non-hydrogen) atoms. The van der Waals surface area contributed by atoms with E-state index in [-0.39, 0.29) is 0 Å². The molecule has 5 heteroatoms. The van der Waals surface area contributed by atoms with Gasteiger partial charge in [0.1, 0.15) is 6.04 Å². The van der Waals surface area contributed by atoms with Crippen molar-refractivity contribution in [2.45, 2.75) is 38.3 Å². The van der Waals surface area contributed by atoms with Gasteiger partial charge in [-0.15, -0.1) is 0 Å². The number of aliphatic hydroxyl groups excluding tert-OH is 1. The minimum atomic E-state index is -0.873. The van der Waals surface area contributed by atoms with Crippen LogP contribution in [-0.2, 0) is 4.79 Å². The molecular weight excluding hydrogens is 184 g/mol. The van der Waals surface area contributed by atoms with Gasteiger partial charge >= 0.3 is 5.97 Å². The number of carboxylic acids is 1. The van der Waals surface area contributed by atoms with Gasteiger partial charge in [-0.05, 0) is 26.3 Å². The molecule has 0 spiro atoms. The molecule has 5 nitrogen and oxygen atoms in total. The van der Waals surface area contributed by atoms with E-state index in [1.165, 1.54) is 0 Å². The molecule has 0 aliphatic rings. The SMILES string of the molecule is CC(O)CN[C@@H](CCCCN)C(=O)O. The van der Waals surface area contributed by atoms with Crippen molar-refractivity contribution in [1.29, 1.82) is 0 Å². The number of unbranched alkanes of at least 4 members (excludes halogenated alkanes) is 1.